The van der Waals surface area contributed by atoms with Crippen molar-refractivity contribution in [2.75, 3.05) is 43.9 Å². The maximum Gasteiger partial charge on any atom is 0.416 e. The Balaban J connectivity index is 1.43. The molecule has 1 fully saturated rings. The topological polar surface area (TPSA) is 61.4 Å². The molecule has 0 spiro atoms. The average Bonchev–Trinajstić information content (AvgIpc) is 2.82. The van der Waals surface area contributed by atoms with E-state index in [9.17, 15) is 13.2 Å². The van der Waals surface area contributed by atoms with E-state index in [-0.39, 0.29) is 0 Å². The van der Waals surface area contributed by atoms with Gasteiger partial charge in [0.1, 0.15) is 0 Å². The zero-order valence-electron chi connectivity index (χ0n) is 18.5. The van der Waals surface area contributed by atoms with Gasteiger partial charge in [-0.05, 0) is 62.7 Å². The maximum atomic E-state index is 12.8. The largest absolute Gasteiger partial charge is 0.493 e. The molecule has 0 unspecified atom stereocenters. The Hall–Kier alpha value is -3.14. The van der Waals surface area contributed by atoms with Crippen molar-refractivity contribution in [3.05, 3.63) is 47.5 Å². The van der Waals surface area contributed by atoms with E-state index in [0.29, 0.717) is 29.5 Å². The number of methoxy groups -OCH3 is 1. The highest BCUT2D eigenvalue weighted by Crippen LogP contribution is 2.36. The third-order valence-corrected chi connectivity index (χ3v) is 5.69. The molecule has 4 rings (SSSR count). The lowest BCUT2D eigenvalue weighted by molar-refractivity contribution is -0.137. The van der Waals surface area contributed by atoms with Gasteiger partial charge in [0.2, 0.25) is 0 Å². The molecule has 33 heavy (non-hydrogen) atoms. The highest BCUT2D eigenvalue weighted by atomic mass is 19.4. The van der Waals surface area contributed by atoms with Crippen LogP contribution >= 0.6 is 0 Å². The van der Waals surface area contributed by atoms with Gasteiger partial charge in [0.05, 0.1) is 36.9 Å². The third-order valence-electron chi connectivity index (χ3n) is 5.69. The van der Waals surface area contributed by atoms with Gasteiger partial charge in [0.15, 0.2) is 11.5 Å². The molecule has 2 heterocycles. The van der Waals surface area contributed by atoms with Gasteiger partial charge in [-0.25, -0.2) is 0 Å². The summed E-state index contributed by atoms with van der Waals surface area (Å²) in [6.45, 7) is 3.86. The minimum atomic E-state index is -4.38. The van der Waals surface area contributed by atoms with Crippen LogP contribution in [-0.2, 0) is 6.18 Å². The molecule has 2 aromatic rings. The number of anilines is 2. The number of alkyl halides is 3. The average molecular weight is 464 g/mol. The number of fused-ring (bicyclic) bond motifs is 1. The highest BCUT2D eigenvalue weighted by molar-refractivity contribution is 5.91. The molecule has 0 bridgehead atoms. The van der Waals surface area contributed by atoms with Gasteiger partial charge in [-0.2, -0.15) is 28.9 Å². The Kier molecular flexibility index (Phi) is 7.12. The molecule has 2 aliphatic heterocycles. The third kappa shape index (κ3) is 5.81. The first-order valence-corrected chi connectivity index (χ1v) is 11.0. The van der Waals surface area contributed by atoms with Crippen molar-refractivity contribution in [1.82, 2.24) is 10.4 Å². The Labute approximate surface area is 191 Å². The van der Waals surface area contributed by atoms with Gasteiger partial charge in [0.25, 0.3) is 0 Å². The van der Waals surface area contributed by atoms with E-state index in [1.54, 1.807) is 13.3 Å². The quantitative estimate of drug-likeness (QED) is 0.556. The van der Waals surface area contributed by atoms with Crippen molar-refractivity contribution in [2.24, 2.45) is 5.10 Å². The predicted molar refractivity (Wildman–Crippen MR) is 122 cm³/mol. The van der Waals surface area contributed by atoms with Crippen LogP contribution in [0.2, 0.25) is 0 Å². The van der Waals surface area contributed by atoms with E-state index in [0.717, 1.165) is 43.8 Å². The van der Waals surface area contributed by atoms with E-state index in [1.807, 2.05) is 12.1 Å². The Morgan fingerprint density at radius 1 is 1.06 bits per heavy atom. The van der Waals surface area contributed by atoms with E-state index < -0.39 is 11.7 Å². The zero-order valence-corrected chi connectivity index (χ0v) is 18.5. The minimum absolute atomic E-state index is 0.471. The molecular weight excluding hydrogens is 435 g/mol. The van der Waals surface area contributed by atoms with Crippen molar-refractivity contribution >= 4 is 17.6 Å². The number of ether oxygens (including phenoxy) is 2. The summed E-state index contributed by atoms with van der Waals surface area (Å²) in [4.78, 5) is 2.47. The van der Waals surface area contributed by atoms with E-state index in [1.165, 1.54) is 36.5 Å². The minimum Gasteiger partial charge on any atom is -0.493 e. The molecule has 178 valence electrons. The molecule has 0 aliphatic carbocycles. The zero-order chi connectivity index (χ0) is 23.3. The second kappa shape index (κ2) is 10.2. The van der Waals surface area contributed by atoms with E-state index >= 15 is 0 Å². The van der Waals surface area contributed by atoms with Gasteiger partial charge in [-0.1, -0.05) is 6.42 Å². The summed E-state index contributed by atoms with van der Waals surface area (Å²) >= 11 is 0. The number of piperidine rings is 1. The Morgan fingerprint density at radius 3 is 2.52 bits per heavy atom. The number of benzene rings is 2. The summed E-state index contributed by atoms with van der Waals surface area (Å²) < 4.78 is 50.0. The number of hydrogen-bond acceptors (Lipinski definition) is 7. The number of hydrazone groups is 1. The summed E-state index contributed by atoms with van der Waals surface area (Å²) in [6, 6.07) is 8.43. The second-order valence-electron chi connectivity index (χ2n) is 8.05. The molecule has 2 aliphatic rings. The fraction of sp³-hybridized carbons (Fsp3) is 0.435. The molecule has 0 atom stereocenters. The number of nitrogens with zero attached hydrogens (tertiary/aromatic N) is 3. The van der Waals surface area contributed by atoms with E-state index in [4.69, 9.17) is 9.47 Å². The summed E-state index contributed by atoms with van der Waals surface area (Å²) in [5.41, 5.74) is 7.08. The summed E-state index contributed by atoms with van der Waals surface area (Å²) in [6.07, 6.45) is 2.01. The Bertz CT molecular complexity index is 960. The first-order chi connectivity index (χ1) is 15.9. The van der Waals surface area contributed by atoms with Crippen LogP contribution in [0.1, 0.15) is 36.8 Å². The SMILES string of the molecule is COc1cc2c(cc1OCCCN1CCCCC1)N(Nc1ccc(C(F)(F)F)cc1)NN=C2. The predicted octanol–water partition coefficient (Wildman–Crippen LogP) is 4.65. The lowest BCUT2D eigenvalue weighted by atomic mass is 10.1. The number of hydrogen-bond donors (Lipinski definition) is 2. The van der Waals surface area contributed by atoms with Gasteiger partial charge >= 0.3 is 6.18 Å². The van der Waals surface area contributed by atoms with Gasteiger partial charge in [-0.3, -0.25) is 5.43 Å². The molecule has 0 amide bonds. The normalized spacial score (nSPS) is 16.2. The molecule has 0 aromatic heterocycles. The fourth-order valence-corrected chi connectivity index (χ4v) is 3.95. The van der Waals surface area contributed by atoms with E-state index in [2.05, 4.69) is 21.0 Å². The van der Waals surface area contributed by atoms with Gasteiger partial charge in [0, 0.05) is 18.2 Å². The molecule has 10 heteroatoms. The molecule has 2 N–H and O–H groups in total. The first-order valence-electron chi connectivity index (χ1n) is 11.0. The summed E-state index contributed by atoms with van der Waals surface area (Å²) in [7, 11) is 1.58. The molecule has 7 nitrogen and oxygen atoms in total. The highest BCUT2D eigenvalue weighted by Gasteiger charge is 2.30. The number of halogens is 3. The number of rotatable bonds is 8. The van der Waals surface area contributed by atoms with Crippen LogP contribution in [0, 0.1) is 0 Å². The standard InChI is InChI=1S/C23H28F3N5O2/c1-32-21-14-17-16-27-29-31(28-19-8-6-18(7-9-19)23(24,25)26)20(17)15-22(21)33-13-5-12-30-10-3-2-4-11-30/h6-9,14-16,28-29H,2-5,10-13H2,1H3. The van der Waals surface area contributed by atoms with Crippen molar-refractivity contribution < 1.29 is 22.6 Å². The summed E-state index contributed by atoms with van der Waals surface area (Å²) in [5.74, 6) is 1.18. The smallest absolute Gasteiger partial charge is 0.416 e. The summed E-state index contributed by atoms with van der Waals surface area (Å²) in [5, 5.41) is 5.62. The number of likely N-dealkylation sites (tertiary alicyclic amines) is 1. The Morgan fingerprint density at radius 2 is 1.82 bits per heavy atom. The lowest BCUT2D eigenvalue weighted by Gasteiger charge is -2.30. The second-order valence-corrected chi connectivity index (χ2v) is 8.05. The van der Waals surface area contributed by atoms with Crippen LogP contribution in [0.4, 0.5) is 24.5 Å². The van der Waals surface area contributed by atoms with Gasteiger partial charge < -0.3 is 14.4 Å². The van der Waals surface area contributed by atoms with Crippen molar-refractivity contribution in [1.29, 1.82) is 0 Å². The molecule has 0 radical (unpaired) electrons. The molecule has 1 saturated heterocycles. The number of nitrogens with one attached hydrogen (secondary N) is 2. The van der Waals surface area contributed by atoms with Crippen molar-refractivity contribution in [3.63, 3.8) is 0 Å². The van der Waals surface area contributed by atoms with Crippen LogP contribution in [0.3, 0.4) is 0 Å². The fourth-order valence-electron chi connectivity index (χ4n) is 3.95. The molecular formula is C23H28F3N5O2. The van der Waals surface area contributed by atoms with Crippen LogP contribution < -0.4 is 25.6 Å². The monoisotopic (exact) mass is 463 g/mol. The lowest BCUT2D eigenvalue weighted by Crippen LogP contribution is -2.42. The molecule has 0 saturated carbocycles. The van der Waals surface area contributed by atoms with Gasteiger partial charge in [-0.15, -0.1) is 0 Å². The van der Waals surface area contributed by atoms with Crippen molar-refractivity contribution in [2.45, 2.75) is 31.9 Å². The van der Waals surface area contributed by atoms with Crippen LogP contribution in [0.25, 0.3) is 0 Å². The van der Waals surface area contributed by atoms with Crippen LogP contribution in [0.15, 0.2) is 41.5 Å². The van der Waals surface area contributed by atoms with Crippen LogP contribution in [-0.4, -0.2) is 44.5 Å². The maximum absolute atomic E-state index is 12.8. The van der Waals surface area contributed by atoms with Crippen LogP contribution in [0.5, 0.6) is 11.5 Å². The molecule has 2 aromatic carbocycles. The van der Waals surface area contributed by atoms with Crippen molar-refractivity contribution in [3.8, 4) is 11.5 Å². The number of hydrazine groups is 2. The first kappa shape index (κ1) is 23.0.